The van der Waals surface area contributed by atoms with Crippen molar-refractivity contribution in [2.75, 3.05) is 13.2 Å². The SMILES string of the molecule is NC1CCC(COC2CCCCO2)CC1. The van der Waals surface area contributed by atoms with E-state index in [1.54, 1.807) is 0 Å². The lowest BCUT2D eigenvalue weighted by atomic mass is 9.87. The molecule has 0 spiro atoms. The predicted octanol–water partition coefficient (Wildman–Crippen LogP) is 2.05. The van der Waals surface area contributed by atoms with Crippen molar-refractivity contribution in [1.29, 1.82) is 0 Å². The van der Waals surface area contributed by atoms with Crippen LogP contribution in [0, 0.1) is 5.92 Å². The standard InChI is InChI=1S/C12H23NO2/c13-11-6-4-10(5-7-11)9-15-12-3-1-2-8-14-12/h10-12H,1-9,13H2. The zero-order valence-electron chi connectivity index (χ0n) is 9.49. The van der Waals surface area contributed by atoms with Gasteiger partial charge in [-0.05, 0) is 50.9 Å². The Morgan fingerprint density at radius 3 is 2.53 bits per heavy atom. The molecule has 2 fully saturated rings. The molecule has 0 aromatic rings. The first kappa shape index (κ1) is 11.4. The van der Waals surface area contributed by atoms with E-state index in [0.29, 0.717) is 6.04 Å². The van der Waals surface area contributed by atoms with Gasteiger partial charge in [-0.1, -0.05) is 0 Å². The second-order valence-electron chi connectivity index (χ2n) is 4.91. The van der Waals surface area contributed by atoms with Gasteiger partial charge < -0.3 is 15.2 Å². The van der Waals surface area contributed by atoms with Crippen molar-refractivity contribution in [2.24, 2.45) is 11.7 Å². The van der Waals surface area contributed by atoms with E-state index in [1.165, 1.54) is 38.5 Å². The molecule has 0 radical (unpaired) electrons. The zero-order valence-corrected chi connectivity index (χ0v) is 9.49. The first-order chi connectivity index (χ1) is 7.34. The van der Waals surface area contributed by atoms with Gasteiger partial charge in [0.05, 0.1) is 6.61 Å². The Kier molecular flexibility index (Phi) is 4.42. The maximum atomic E-state index is 5.87. The molecule has 2 aliphatic rings. The molecule has 0 aromatic carbocycles. The fraction of sp³-hybridized carbons (Fsp3) is 1.00. The number of hydrogen-bond donors (Lipinski definition) is 1. The lowest BCUT2D eigenvalue weighted by Gasteiger charge is -2.29. The summed E-state index contributed by atoms with van der Waals surface area (Å²) in [6.07, 6.45) is 8.39. The summed E-state index contributed by atoms with van der Waals surface area (Å²) < 4.78 is 11.3. The third kappa shape index (κ3) is 3.74. The summed E-state index contributed by atoms with van der Waals surface area (Å²) in [6, 6.07) is 0.437. The average molecular weight is 213 g/mol. The summed E-state index contributed by atoms with van der Waals surface area (Å²) in [5.41, 5.74) is 5.87. The highest BCUT2D eigenvalue weighted by atomic mass is 16.7. The summed E-state index contributed by atoms with van der Waals surface area (Å²) in [5, 5.41) is 0. The van der Waals surface area contributed by atoms with Crippen LogP contribution in [0.15, 0.2) is 0 Å². The maximum absolute atomic E-state index is 5.87. The minimum absolute atomic E-state index is 0.0781. The number of hydrogen-bond acceptors (Lipinski definition) is 3. The molecular formula is C12H23NO2. The fourth-order valence-corrected chi connectivity index (χ4v) is 2.44. The predicted molar refractivity (Wildman–Crippen MR) is 59.5 cm³/mol. The van der Waals surface area contributed by atoms with Gasteiger partial charge in [0, 0.05) is 12.6 Å². The Morgan fingerprint density at radius 1 is 1.07 bits per heavy atom. The van der Waals surface area contributed by atoms with Crippen molar-refractivity contribution < 1.29 is 9.47 Å². The van der Waals surface area contributed by atoms with Crippen molar-refractivity contribution in [3.05, 3.63) is 0 Å². The Bertz CT molecular complexity index is 172. The summed E-state index contributed by atoms with van der Waals surface area (Å²) >= 11 is 0. The van der Waals surface area contributed by atoms with Gasteiger partial charge in [0.25, 0.3) is 0 Å². The fourth-order valence-electron chi connectivity index (χ4n) is 2.44. The number of ether oxygens (including phenoxy) is 2. The Balaban J connectivity index is 1.60. The van der Waals surface area contributed by atoms with E-state index in [4.69, 9.17) is 15.2 Å². The van der Waals surface area contributed by atoms with Crippen LogP contribution in [0.25, 0.3) is 0 Å². The van der Waals surface area contributed by atoms with E-state index in [1.807, 2.05) is 0 Å². The van der Waals surface area contributed by atoms with Gasteiger partial charge in [-0.3, -0.25) is 0 Å². The van der Waals surface area contributed by atoms with Gasteiger partial charge in [-0.15, -0.1) is 0 Å². The quantitative estimate of drug-likeness (QED) is 0.780. The van der Waals surface area contributed by atoms with E-state index in [9.17, 15) is 0 Å². The van der Waals surface area contributed by atoms with Crippen LogP contribution >= 0.6 is 0 Å². The van der Waals surface area contributed by atoms with Crippen molar-refractivity contribution in [2.45, 2.75) is 57.3 Å². The Hall–Kier alpha value is -0.120. The minimum atomic E-state index is 0.0781. The van der Waals surface area contributed by atoms with Crippen molar-refractivity contribution in [1.82, 2.24) is 0 Å². The van der Waals surface area contributed by atoms with E-state index >= 15 is 0 Å². The van der Waals surface area contributed by atoms with Crippen molar-refractivity contribution in [3.8, 4) is 0 Å². The molecule has 1 saturated heterocycles. The van der Waals surface area contributed by atoms with Gasteiger partial charge in [0.1, 0.15) is 0 Å². The summed E-state index contributed by atoms with van der Waals surface area (Å²) in [5.74, 6) is 0.718. The summed E-state index contributed by atoms with van der Waals surface area (Å²) in [7, 11) is 0. The van der Waals surface area contributed by atoms with Gasteiger partial charge in [-0.2, -0.15) is 0 Å². The van der Waals surface area contributed by atoms with E-state index in [0.717, 1.165) is 25.6 Å². The molecule has 1 heterocycles. The second-order valence-corrected chi connectivity index (χ2v) is 4.91. The van der Waals surface area contributed by atoms with Crippen molar-refractivity contribution >= 4 is 0 Å². The largest absolute Gasteiger partial charge is 0.353 e. The van der Waals surface area contributed by atoms with Gasteiger partial charge in [0.15, 0.2) is 6.29 Å². The highest BCUT2D eigenvalue weighted by molar-refractivity contribution is 4.74. The van der Waals surface area contributed by atoms with E-state index in [-0.39, 0.29) is 6.29 Å². The number of rotatable bonds is 3. The molecule has 1 unspecified atom stereocenters. The number of nitrogens with two attached hydrogens (primary N) is 1. The lowest BCUT2D eigenvalue weighted by Crippen LogP contribution is -2.30. The lowest BCUT2D eigenvalue weighted by molar-refractivity contribution is -0.170. The molecule has 0 aromatic heterocycles. The van der Waals surface area contributed by atoms with Gasteiger partial charge in [0.2, 0.25) is 0 Å². The Labute approximate surface area is 92.3 Å². The molecule has 88 valence electrons. The molecule has 1 aliphatic carbocycles. The molecule has 0 bridgehead atoms. The van der Waals surface area contributed by atoms with Crippen LogP contribution in [0.1, 0.15) is 44.9 Å². The van der Waals surface area contributed by atoms with Crippen LogP contribution in [-0.4, -0.2) is 25.5 Å². The molecule has 0 amide bonds. The van der Waals surface area contributed by atoms with Crippen LogP contribution < -0.4 is 5.73 Å². The van der Waals surface area contributed by atoms with E-state index < -0.39 is 0 Å². The maximum Gasteiger partial charge on any atom is 0.157 e. The molecule has 15 heavy (non-hydrogen) atoms. The normalized spacial score (nSPS) is 37.8. The average Bonchev–Trinajstić information content (AvgIpc) is 2.30. The van der Waals surface area contributed by atoms with E-state index in [2.05, 4.69) is 0 Å². The summed E-state index contributed by atoms with van der Waals surface area (Å²) in [6.45, 7) is 1.75. The molecule has 1 aliphatic heterocycles. The molecule has 3 nitrogen and oxygen atoms in total. The first-order valence-corrected chi connectivity index (χ1v) is 6.33. The third-order valence-electron chi connectivity index (χ3n) is 3.55. The van der Waals surface area contributed by atoms with Crippen molar-refractivity contribution in [3.63, 3.8) is 0 Å². The van der Waals surface area contributed by atoms with Gasteiger partial charge >= 0.3 is 0 Å². The van der Waals surface area contributed by atoms with Crippen LogP contribution in [0.4, 0.5) is 0 Å². The first-order valence-electron chi connectivity index (χ1n) is 6.33. The molecule has 3 heteroatoms. The highest BCUT2D eigenvalue weighted by Gasteiger charge is 2.21. The van der Waals surface area contributed by atoms with Crippen LogP contribution in [0.2, 0.25) is 0 Å². The third-order valence-corrected chi connectivity index (χ3v) is 3.55. The zero-order chi connectivity index (χ0) is 10.5. The second kappa shape index (κ2) is 5.83. The molecule has 1 saturated carbocycles. The van der Waals surface area contributed by atoms with Crippen LogP contribution in [-0.2, 0) is 9.47 Å². The highest BCUT2D eigenvalue weighted by Crippen LogP contribution is 2.24. The van der Waals surface area contributed by atoms with Gasteiger partial charge in [-0.25, -0.2) is 0 Å². The monoisotopic (exact) mass is 213 g/mol. The Morgan fingerprint density at radius 2 is 1.87 bits per heavy atom. The summed E-state index contributed by atoms with van der Waals surface area (Å²) in [4.78, 5) is 0. The molecule has 1 atom stereocenters. The molecular weight excluding hydrogens is 190 g/mol. The smallest absolute Gasteiger partial charge is 0.157 e. The topological polar surface area (TPSA) is 44.5 Å². The minimum Gasteiger partial charge on any atom is -0.353 e. The molecule has 2 rings (SSSR count). The molecule has 2 N–H and O–H groups in total. The van der Waals surface area contributed by atoms with Crippen LogP contribution in [0.3, 0.4) is 0 Å². The van der Waals surface area contributed by atoms with Crippen LogP contribution in [0.5, 0.6) is 0 Å².